The summed E-state index contributed by atoms with van der Waals surface area (Å²) < 4.78 is 29.7. The lowest BCUT2D eigenvalue weighted by Gasteiger charge is -2.12. The molecule has 128 heavy (non-hydrogen) atoms. The van der Waals surface area contributed by atoms with E-state index in [4.69, 9.17) is 74.9 Å². The normalized spacial score (nSPS) is 10.8. The Morgan fingerprint density at radius 2 is 0.641 bits per heavy atom. The van der Waals surface area contributed by atoms with E-state index < -0.39 is 5.82 Å². The van der Waals surface area contributed by atoms with Crippen molar-refractivity contribution in [3.63, 3.8) is 0 Å². The number of halogens is 5. The fraction of sp³-hybridized carbons (Fsp3) is 0.0104. The molecule has 0 aliphatic rings. The zero-order chi connectivity index (χ0) is 89.2. The van der Waals surface area contributed by atoms with E-state index in [2.05, 4.69) is 79.9 Å². The monoisotopic (exact) mass is 1740 g/mol. The van der Waals surface area contributed by atoms with E-state index >= 15 is 0 Å². The third-order valence-electron chi connectivity index (χ3n) is 19.8. The van der Waals surface area contributed by atoms with Gasteiger partial charge in [-0.15, -0.1) is 0 Å². The van der Waals surface area contributed by atoms with Crippen LogP contribution in [0, 0.1) is 45.6 Å². The molecule has 0 saturated heterocycles. The van der Waals surface area contributed by atoms with Crippen LogP contribution in [0.4, 0.5) is 49.5 Å². The van der Waals surface area contributed by atoms with Gasteiger partial charge in [-0.1, -0.05) is 150 Å². The van der Waals surface area contributed by atoms with Gasteiger partial charge in [0.1, 0.15) is 52.6 Å². The van der Waals surface area contributed by atoms with Gasteiger partial charge in [-0.3, -0.25) is 29.6 Å². The second-order valence-corrected chi connectivity index (χ2v) is 29.5. The SMILES string of the molecule is Cn1ccc(-c2nc(N)c(N)nc2-c2cc(Cl)c3ncccc3c2)n1.N#Cc1nc(-c2ccc3ncccc3c2)c(-c2ccc(Cl)cc2)nc1N.N#Cc1nc(-c2ccc3ncccc3c2)c(-c2cccc(F)c2)nc1N.N#Cc1nc(-c2ccc3ncccc3c2)c(-c2ccccc2F)nc1N.Nc1nc(-c2ccccc2)c(-c2cc(Cl)c3ncccc3c2)nc1N. The summed E-state index contributed by atoms with van der Waals surface area (Å²) in [5.41, 5.74) is 57.5. The number of benzene rings is 9. The molecule has 0 atom stereocenters. The summed E-state index contributed by atoms with van der Waals surface area (Å²) in [6.07, 6.45) is 10.4. The third-order valence-corrected chi connectivity index (χ3v) is 20.7. The highest BCUT2D eigenvalue weighted by Crippen LogP contribution is 2.41. The number of hydrogen-bond acceptors (Lipinski definition) is 26. The summed E-state index contributed by atoms with van der Waals surface area (Å²) >= 11 is 18.8. The van der Waals surface area contributed by atoms with Crippen molar-refractivity contribution in [2.24, 2.45) is 7.05 Å². The number of rotatable bonds is 10. The lowest BCUT2D eigenvalue weighted by atomic mass is 10.0. The van der Waals surface area contributed by atoms with Crippen LogP contribution in [0.1, 0.15) is 17.1 Å². The Morgan fingerprint density at radius 1 is 0.297 bits per heavy atom. The van der Waals surface area contributed by atoms with Crippen molar-refractivity contribution < 1.29 is 8.78 Å². The molecule has 0 aliphatic heterocycles. The van der Waals surface area contributed by atoms with Gasteiger partial charge in [0, 0.05) is 126 Å². The molecule has 14 N–H and O–H groups in total. The van der Waals surface area contributed by atoms with Gasteiger partial charge < -0.3 is 40.1 Å². The lowest BCUT2D eigenvalue weighted by Crippen LogP contribution is -2.05. The summed E-state index contributed by atoms with van der Waals surface area (Å²) in [6.45, 7) is 0. The van der Waals surface area contributed by atoms with Crippen LogP contribution in [-0.4, -0.2) is 84.5 Å². The molecule has 9 aromatic carbocycles. The first-order valence-corrected chi connectivity index (χ1v) is 39.8. The Bertz CT molecular complexity index is 7840. The summed E-state index contributed by atoms with van der Waals surface area (Å²) in [5, 5.41) is 38.5. The number of hydrogen-bond donors (Lipinski definition) is 7. The molecule has 11 heterocycles. The van der Waals surface area contributed by atoms with Crippen LogP contribution in [0.3, 0.4) is 0 Å². The van der Waals surface area contributed by atoms with Gasteiger partial charge >= 0.3 is 0 Å². The van der Waals surface area contributed by atoms with Gasteiger partial charge in [-0.25, -0.2) is 58.6 Å². The largest absolute Gasteiger partial charge is 0.381 e. The quantitative estimate of drug-likeness (QED) is 0.0668. The van der Waals surface area contributed by atoms with Gasteiger partial charge in [-0.05, 0) is 133 Å². The Balaban J connectivity index is 0.000000117. The van der Waals surface area contributed by atoms with Crippen LogP contribution in [0.2, 0.25) is 15.1 Å². The first kappa shape index (κ1) is 84.1. The molecule has 0 radical (unpaired) electrons. The van der Waals surface area contributed by atoms with Crippen molar-refractivity contribution in [2.45, 2.75) is 0 Å². The second kappa shape index (κ2) is 37.0. The van der Waals surface area contributed by atoms with Gasteiger partial charge in [-0.2, -0.15) is 20.9 Å². The number of fused-ring (bicyclic) bond motifs is 5. The smallest absolute Gasteiger partial charge is 0.183 e. The zero-order valence-electron chi connectivity index (χ0n) is 67.0. The molecule has 20 aromatic rings. The zero-order valence-corrected chi connectivity index (χ0v) is 69.3. The maximum absolute atomic E-state index is 14.4. The number of aromatic nitrogens is 17. The maximum Gasteiger partial charge on any atom is 0.183 e. The fourth-order valence-electron chi connectivity index (χ4n) is 13.8. The minimum atomic E-state index is -0.436. The Hall–Kier alpha value is -17.6. The molecule has 0 spiro atoms. The first-order valence-electron chi connectivity index (χ1n) is 38.7. The van der Waals surface area contributed by atoms with Crippen LogP contribution >= 0.6 is 34.8 Å². The molecule has 20 rings (SSSR count). The van der Waals surface area contributed by atoms with E-state index in [1.54, 1.807) is 84.2 Å². The maximum atomic E-state index is 14.4. The molecule has 0 saturated carbocycles. The van der Waals surface area contributed by atoms with E-state index in [1.807, 2.05) is 213 Å². The number of nitrogen functional groups attached to an aromatic ring is 7. The average molecular weight is 1740 g/mol. The van der Waals surface area contributed by atoms with E-state index in [9.17, 15) is 24.6 Å². The van der Waals surface area contributed by atoms with E-state index in [0.717, 1.165) is 87.9 Å². The summed E-state index contributed by atoms with van der Waals surface area (Å²) in [5.74, 6) is -0.0163. The molecule has 0 aliphatic carbocycles. The predicted molar refractivity (Wildman–Crippen MR) is 498 cm³/mol. The minimum Gasteiger partial charge on any atom is -0.381 e. The molecule has 11 aromatic heterocycles. The average Bonchev–Trinajstić information content (AvgIpc) is 1.06. The van der Waals surface area contributed by atoms with E-state index in [1.165, 1.54) is 18.2 Å². The van der Waals surface area contributed by atoms with E-state index in [0.29, 0.717) is 88.8 Å². The highest BCUT2D eigenvalue weighted by Gasteiger charge is 2.24. The van der Waals surface area contributed by atoms with Crippen LogP contribution in [-0.2, 0) is 7.05 Å². The molecule has 0 unspecified atom stereocenters. The Kier molecular flexibility index (Phi) is 24.3. The van der Waals surface area contributed by atoms with Crippen molar-refractivity contribution in [1.29, 1.82) is 15.8 Å². The molecule has 0 amide bonds. The molecule has 618 valence electrons. The summed E-state index contributed by atoms with van der Waals surface area (Å²) in [4.78, 5) is 65.5. The van der Waals surface area contributed by atoms with Gasteiger partial charge in [0.2, 0.25) is 0 Å². The number of anilines is 7. The molecule has 0 fully saturated rings. The van der Waals surface area contributed by atoms with Crippen LogP contribution in [0.25, 0.3) is 167 Å². The minimum absolute atomic E-state index is 0.00590. The molecular formula is C96H64Cl3F2N27. The first-order chi connectivity index (χ1) is 62.1. The van der Waals surface area contributed by atoms with Crippen molar-refractivity contribution in [3.8, 4) is 131 Å². The van der Waals surface area contributed by atoms with Crippen molar-refractivity contribution >= 4 is 130 Å². The number of aryl methyl sites for hydroxylation is 1. The summed E-state index contributed by atoms with van der Waals surface area (Å²) in [6, 6.07) is 80.5. The highest BCUT2D eigenvalue weighted by atomic mass is 35.5. The van der Waals surface area contributed by atoms with Crippen molar-refractivity contribution in [2.75, 3.05) is 40.1 Å². The van der Waals surface area contributed by atoms with Crippen molar-refractivity contribution in [1.82, 2.24) is 84.5 Å². The molecule has 32 heteroatoms. The van der Waals surface area contributed by atoms with Crippen LogP contribution < -0.4 is 40.1 Å². The number of pyridine rings is 5. The topological polar surface area (TPSA) is 465 Å². The fourth-order valence-corrected chi connectivity index (χ4v) is 14.4. The van der Waals surface area contributed by atoms with Crippen molar-refractivity contribution in [3.05, 3.63) is 330 Å². The third kappa shape index (κ3) is 18.2. The molecule has 0 bridgehead atoms. The van der Waals surface area contributed by atoms with Gasteiger partial charge in [0.05, 0.1) is 77.5 Å². The number of nitrogens with two attached hydrogens (primary N) is 7. The molecular weight excluding hydrogens is 1680 g/mol. The van der Waals surface area contributed by atoms with Gasteiger partial charge in [0.25, 0.3) is 0 Å². The number of nitrogens with zero attached hydrogens (tertiary/aromatic N) is 20. The van der Waals surface area contributed by atoms with E-state index in [-0.39, 0.29) is 69.2 Å². The number of nitriles is 3. The standard InChI is InChI=1S/C20H12ClN5.2C20H12FN5.C19H14ClN5.C17H14ClN7/c21-15-6-3-12(4-7-15)18-19(25-17(11-22)20(23)26-18)14-5-8-16-13(10-14)2-1-9-24-16;21-15-5-1-3-13(10-15)19-18(25-17(11-22)20(23)26-19)14-6-7-16-12(9-14)4-2-8-24-16;21-15-6-2-1-5-14(15)19-18(25-17(11-22)20(23)26-19)13-7-8-16-12(10-13)4-3-9-24-16;20-14-10-13(9-12-7-4-8-23-15(12)14)17-16(11-5-2-1-3-6-11)24-18(21)19(22)25-17;1-25-6-4-12(24-25)15-14(22-16(19)17(20)23-15)10-7-9-3-2-5-21-13(9)11(18)8-10/h3*1-10H,(H2,23,26);1-10H,(H2,21,24)(H2,22,25);2-8H,1H3,(H2,19,22)(H2,20,23). The molecule has 27 nitrogen and oxygen atoms in total. The summed E-state index contributed by atoms with van der Waals surface area (Å²) in [7, 11) is 1.83. The predicted octanol–water partition coefficient (Wildman–Crippen LogP) is 19.5. The Labute approximate surface area is 742 Å². The van der Waals surface area contributed by atoms with Crippen LogP contribution in [0.5, 0.6) is 0 Å². The second-order valence-electron chi connectivity index (χ2n) is 28.2. The van der Waals surface area contributed by atoms with Crippen LogP contribution in [0.15, 0.2) is 286 Å². The Morgan fingerprint density at radius 3 is 1.08 bits per heavy atom. The lowest BCUT2D eigenvalue weighted by molar-refractivity contribution is 0.628. The van der Waals surface area contributed by atoms with Gasteiger partial charge in [0.15, 0.2) is 57.8 Å². The highest BCUT2D eigenvalue weighted by molar-refractivity contribution is 6.36.